The number of quaternary nitrogens is 1. The van der Waals surface area contributed by atoms with Gasteiger partial charge in [0, 0.05) is 6.42 Å². The molecule has 0 fully saturated rings. The Hall–Kier alpha value is -1.02. The van der Waals surface area contributed by atoms with E-state index in [0.717, 1.165) is 51.4 Å². The van der Waals surface area contributed by atoms with Gasteiger partial charge in [0.15, 0.2) is 0 Å². The molecule has 3 N–H and O–H groups in total. The fraction of sp³-hybridized carbons (Fsp3) is 0.872. The van der Waals surface area contributed by atoms with Gasteiger partial charge in [0.25, 0.3) is 0 Å². The maximum Gasteiger partial charge on any atom is 0.472 e. The summed E-state index contributed by atoms with van der Waals surface area (Å²) in [6.07, 6.45) is 35.2. The van der Waals surface area contributed by atoms with Crippen molar-refractivity contribution in [3.8, 4) is 0 Å². The van der Waals surface area contributed by atoms with E-state index in [1.54, 1.807) is 6.08 Å². The first-order valence-electron chi connectivity index (χ1n) is 19.7. The van der Waals surface area contributed by atoms with Crippen LogP contribution in [0.5, 0.6) is 0 Å². The molecule has 0 aromatic rings. The summed E-state index contributed by atoms with van der Waals surface area (Å²) in [5, 5.41) is 13.7. The number of hydrogen-bond donors (Lipinski definition) is 3. The molecule has 1 unspecified atom stereocenters. The standard InChI is InChI=1S/C39H77N2O6P/c1-6-8-10-12-14-16-18-20-22-24-26-28-30-32-38(42)37(36-47-48(44,45)46-35-34-41(3,4)5)40-39(43)33-31-29-27-25-23-21-19-17-15-13-11-9-7-2/h17,19,30,32,37-38,42H,6-16,18,20-29,31,33-36H2,1-5H3,(H-,40,43,44,45)/p+1/b19-17+,32-30+/t37-,38+/m0/s1. The van der Waals surface area contributed by atoms with Crippen molar-refractivity contribution in [3.63, 3.8) is 0 Å². The zero-order valence-electron chi connectivity index (χ0n) is 32.0. The number of aliphatic hydroxyl groups is 1. The lowest BCUT2D eigenvalue weighted by Gasteiger charge is -2.25. The van der Waals surface area contributed by atoms with Gasteiger partial charge in [-0.05, 0) is 44.9 Å². The first-order chi connectivity index (χ1) is 23.0. The van der Waals surface area contributed by atoms with E-state index in [2.05, 4.69) is 31.3 Å². The Morgan fingerprint density at radius 3 is 1.62 bits per heavy atom. The van der Waals surface area contributed by atoms with Crippen molar-refractivity contribution in [1.82, 2.24) is 5.32 Å². The third kappa shape index (κ3) is 33.5. The average Bonchev–Trinajstić information content (AvgIpc) is 3.02. The Morgan fingerprint density at radius 2 is 1.12 bits per heavy atom. The van der Waals surface area contributed by atoms with Gasteiger partial charge in [-0.3, -0.25) is 13.8 Å². The van der Waals surface area contributed by atoms with Gasteiger partial charge in [-0.2, -0.15) is 0 Å². The number of phosphoric ester groups is 1. The predicted octanol–water partition coefficient (Wildman–Crippen LogP) is 10.2. The molecular weight excluding hydrogens is 623 g/mol. The van der Waals surface area contributed by atoms with E-state index in [9.17, 15) is 19.4 Å². The molecule has 0 bridgehead atoms. The molecule has 3 atom stereocenters. The number of unbranched alkanes of at least 4 members (excludes halogenated alkanes) is 20. The fourth-order valence-electron chi connectivity index (χ4n) is 5.45. The number of likely N-dealkylation sites (N-methyl/N-ethyl adjacent to an activating group) is 1. The molecule has 0 saturated carbocycles. The summed E-state index contributed by atoms with van der Waals surface area (Å²) >= 11 is 0. The Kier molecular flexibility index (Phi) is 31.2. The number of rotatable bonds is 35. The highest BCUT2D eigenvalue weighted by atomic mass is 31.2. The lowest BCUT2D eigenvalue weighted by Crippen LogP contribution is -2.45. The van der Waals surface area contributed by atoms with Crippen LogP contribution in [-0.4, -0.2) is 73.4 Å². The van der Waals surface area contributed by atoms with Crippen LogP contribution in [0, 0.1) is 0 Å². The number of carbonyl (C=O) groups is 1. The molecule has 0 aromatic heterocycles. The topological polar surface area (TPSA) is 105 Å². The molecule has 0 saturated heterocycles. The highest BCUT2D eigenvalue weighted by Crippen LogP contribution is 2.43. The molecular formula is C39H78N2O6P+. The number of amides is 1. The van der Waals surface area contributed by atoms with Crippen LogP contribution in [-0.2, 0) is 18.4 Å². The highest BCUT2D eigenvalue weighted by molar-refractivity contribution is 7.47. The van der Waals surface area contributed by atoms with E-state index in [1.807, 2.05) is 27.2 Å². The number of aliphatic hydroxyl groups excluding tert-OH is 1. The van der Waals surface area contributed by atoms with Crippen molar-refractivity contribution in [2.24, 2.45) is 0 Å². The SMILES string of the molecule is CCCCCC/C=C/CCCCCCCC(=O)N[C@@H](COP(=O)(O)OCC[N+](C)(C)C)[C@H](O)/C=C/CCCCCCCCCCCCC. The molecule has 0 aromatic carbocycles. The van der Waals surface area contributed by atoms with Crippen LogP contribution in [0.2, 0.25) is 0 Å². The van der Waals surface area contributed by atoms with Crippen molar-refractivity contribution >= 4 is 13.7 Å². The van der Waals surface area contributed by atoms with E-state index < -0.39 is 20.0 Å². The number of hydrogen-bond acceptors (Lipinski definition) is 5. The lowest BCUT2D eigenvalue weighted by molar-refractivity contribution is -0.870. The van der Waals surface area contributed by atoms with Crippen LogP contribution in [0.25, 0.3) is 0 Å². The Labute approximate surface area is 296 Å². The van der Waals surface area contributed by atoms with Crippen molar-refractivity contribution in [1.29, 1.82) is 0 Å². The van der Waals surface area contributed by atoms with Gasteiger partial charge in [0.05, 0.1) is 39.9 Å². The van der Waals surface area contributed by atoms with Gasteiger partial charge in [-0.1, -0.05) is 141 Å². The van der Waals surface area contributed by atoms with Crippen molar-refractivity contribution in [3.05, 3.63) is 24.3 Å². The quantitative estimate of drug-likeness (QED) is 0.0263. The zero-order chi connectivity index (χ0) is 35.8. The first-order valence-corrected chi connectivity index (χ1v) is 21.2. The normalized spacial score (nSPS) is 14.9. The summed E-state index contributed by atoms with van der Waals surface area (Å²) in [6.45, 7) is 4.77. The summed E-state index contributed by atoms with van der Waals surface area (Å²) in [5.74, 6) is -0.189. The summed E-state index contributed by atoms with van der Waals surface area (Å²) in [4.78, 5) is 23.0. The molecule has 0 spiro atoms. The Bertz CT molecular complexity index is 845. The van der Waals surface area contributed by atoms with Crippen molar-refractivity contribution < 1.29 is 32.9 Å². The molecule has 284 valence electrons. The van der Waals surface area contributed by atoms with E-state index in [4.69, 9.17) is 9.05 Å². The lowest BCUT2D eigenvalue weighted by atomic mass is 10.0. The van der Waals surface area contributed by atoms with E-state index in [-0.39, 0.29) is 19.1 Å². The van der Waals surface area contributed by atoms with E-state index >= 15 is 0 Å². The number of nitrogens with one attached hydrogen (secondary N) is 1. The van der Waals surface area contributed by atoms with Gasteiger partial charge >= 0.3 is 7.82 Å². The number of phosphoric acid groups is 1. The second-order valence-corrected chi connectivity index (χ2v) is 16.1. The summed E-state index contributed by atoms with van der Waals surface area (Å²) in [7, 11) is 1.56. The molecule has 0 aliphatic rings. The third-order valence-corrected chi connectivity index (χ3v) is 9.65. The third-order valence-electron chi connectivity index (χ3n) is 8.67. The van der Waals surface area contributed by atoms with Crippen LogP contribution in [0.1, 0.15) is 168 Å². The van der Waals surface area contributed by atoms with Crippen LogP contribution < -0.4 is 5.32 Å². The molecule has 0 rings (SSSR count). The van der Waals surface area contributed by atoms with Gasteiger partial charge < -0.3 is 19.8 Å². The molecule has 1 amide bonds. The first kappa shape index (κ1) is 47.0. The van der Waals surface area contributed by atoms with Crippen molar-refractivity contribution in [2.45, 2.75) is 180 Å². The zero-order valence-corrected chi connectivity index (χ0v) is 32.9. The van der Waals surface area contributed by atoms with E-state index in [1.165, 1.54) is 96.3 Å². The average molecular weight is 702 g/mol. The molecule has 0 aliphatic carbocycles. The monoisotopic (exact) mass is 702 g/mol. The Morgan fingerprint density at radius 1 is 0.688 bits per heavy atom. The minimum atomic E-state index is -4.33. The maximum atomic E-state index is 12.8. The smallest absolute Gasteiger partial charge is 0.387 e. The molecule has 0 aliphatic heterocycles. The number of allylic oxidation sites excluding steroid dienone is 3. The van der Waals surface area contributed by atoms with Gasteiger partial charge in [-0.15, -0.1) is 0 Å². The molecule has 8 nitrogen and oxygen atoms in total. The minimum absolute atomic E-state index is 0.0606. The Balaban J connectivity index is 4.54. The predicted molar refractivity (Wildman–Crippen MR) is 203 cm³/mol. The van der Waals surface area contributed by atoms with Crippen LogP contribution in [0.15, 0.2) is 24.3 Å². The fourth-order valence-corrected chi connectivity index (χ4v) is 6.18. The van der Waals surface area contributed by atoms with Gasteiger partial charge in [0.2, 0.25) is 5.91 Å². The summed E-state index contributed by atoms with van der Waals surface area (Å²) in [6, 6.07) is -0.845. The molecule has 9 heteroatoms. The number of carbonyl (C=O) groups excluding carboxylic acids is 1. The summed E-state index contributed by atoms with van der Waals surface area (Å²) in [5.41, 5.74) is 0. The molecule has 48 heavy (non-hydrogen) atoms. The largest absolute Gasteiger partial charge is 0.472 e. The highest BCUT2D eigenvalue weighted by Gasteiger charge is 2.27. The second-order valence-electron chi connectivity index (χ2n) is 14.7. The second kappa shape index (κ2) is 31.9. The number of nitrogens with zero attached hydrogens (tertiary/aromatic N) is 1. The maximum absolute atomic E-state index is 12.8. The van der Waals surface area contributed by atoms with Gasteiger partial charge in [0.1, 0.15) is 13.2 Å². The molecule has 0 heterocycles. The van der Waals surface area contributed by atoms with Crippen LogP contribution in [0.3, 0.4) is 0 Å². The minimum Gasteiger partial charge on any atom is -0.387 e. The summed E-state index contributed by atoms with van der Waals surface area (Å²) < 4.78 is 23.4. The van der Waals surface area contributed by atoms with Crippen LogP contribution >= 0.6 is 7.82 Å². The van der Waals surface area contributed by atoms with Crippen molar-refractivity contribution in [2.75, 3.05) is 40.9 Å². The van der Waals surface area contributed by atoms with Gasteiger partial charge in [-0.25, -0.2) is 4.57 Å². The molecule has 0 radical (unpaired) electrons. The van der Waals surface area contributed by atoms with E-state index in [0.29, 0.717) is 17.4 Å². The van der Waals surface area contributed by atoms with Crippen LogP contribution in [0.4, 0.5) is 0 Å².